The van der Waals surface area contributed by atoms with E-state index in [0.717, 1.165) is 18.6 Å². The van der Waals surface area contributed by atoms with Gasteiger partial charge < -0.3 is 16.4 Å². The summed E-state index contributed by atoms with van der Waals surface area (Å²) in [6.45, 7) is 2.91. The van der Waals surface area contributed by atoms with Crippen LogP contribution in [0.3, 0.4) is 0 Å². The molecule has 10 heteroatoms. The maximum absolute atomic E-state index is 12.5. The van der Waals surface area contributed by atoms with Crippen LogP contribution < -0.4 is 21.7 Å². The smallest absolute Gasteiger partial charge is 0.370 e. The maximum Gasteiger partial charge on any atom is 0.416 e. The van der Waals surface area contributed by atoms with Gasteiger partial charge in [0.1, 0.15) is 5.82 Å². The number of anilines is 3. The van der Waals surface area contributed by atoms with Crippen LogP contribution in [0.15, 0.2) is 30.3 Å². The monoisotopic (exact) mass is 368 g/mol. The van der Waals surface area contributed by atoms with Gasteiger partial charge in [-0.05, 0) is 44.2 Å². The van der Waals surface area contributed by atoms with Crippen LogP contribution in [0.5, 0.6) is 0 Å². The summed E-state index contributed by atoms with van der Waals surface area (Å²) in [7, 11) is 0. The number of rotatable bonds is 6. The Morgan fingerprint density at radius 3 is 2.46 bits per heavy atom. The zero-order chi connectivity index (χ0) is 19.2. The molecular weight excluding hydrogens is 349 g/mol. The first-order valence-electron chi connectivity index (χ1n) is 7.83. The molecule has 0 fully saturated rings. The molecule has 2 amide bonds. The zero-order valence-electron chi connectivity index (χ0n) is 14.0. The van der Waals surface area contributed by atoms with Crippen LogP contribution in [0.2, 0.25) is 0 Å². The number of nitrogens with two attached hydrogens (primary N) is 1. The second-order valence-corrected chi connectivity index (χ2v) is 5.44. The Kier molecular flexibility index (Phi) is 6.34. The minimum atomic E-state index is -4.43. The third-order valence-electron chi connectivity index (χ3n) is 3.24. The SMILES string of the molecule is Cc1cc(NCCCN)nc(NC(=O)Nc2ccc(C(F)(F)F)cc2)n1. The third-order valence-corrected chi connectivity index (χ3v) is 3.24. The highest BCUT2D eigenvalue weighted by Gasteiger charge is 2.29. The predicted octanol–water partition coefficient (Wildman–Crippen LogP) is 3.21. The number of benzene rings is 1. The number of nitrogens with one attached hydrogen (secondary N) is 3. The molecule has 0 aliphatic heterocycles. The molecule has 2 rings (SSSR count). The lowest BCUT2D eigenvalue weighted by Crippen LogP contribution is -2.21. The molecule has 0 aliphatic rings. The van der Waals surface area contributed by atoms with E-state index in [1.165, 1.54) is 12.1 Å². The quantitative estimate of drug-likeness (QED) is 0.586. The van der Waals surface area contributed by atoms with Crippen molar-refractivity contribution in [2.75, 3.05) is 29.0 Å². The molecule has 1 heterocycles. The molecule has 0 atom stereocenters. The maximum atomic E-state index is 12.5. The van der Waals surface area contributed by atoms with Crippen molar-refractivity contribution in [1.82, 2.24) is 9.97 Å². The molecular formula is C16H19F3N6O. The Labute approximate surface area is 148 Å². The summed E-state index contributed by atoms with van der Waals surface area (Å²) in [6.07, 6.45) is -3.66. The molecule has 0 radical (unpaired) electrons. The second-order valence-electron chi connectivity index (χ2n) is 5.44. The van der Waals surface area contributed by atoms with Gasteiger partial charge in [-0.3, -0.25) is 5.32 Å². The number of urea groups is 1. The topological polar surface area (TPSA) is 105 Å². The van der Waals surface area contributed by atoms with Gasteiger partial charge in [0.25, 0.3) is 0 Å². The average Bonchev–Trinajstić information content (AvgIpc) is 2.54. The Balaban J connectivity index is 1.98. The molecule has 2 aromatic rings. The van der Waals surface area contributed by atoms with E-state index in [-0.39, 0.29) is 11.6 Å². The lowest BCUT2D eigenvalue weighted by Gasteiger charge is -2.11. The molecule has 0 saturated heterocycles. The largest absolute Gasteiger partial charge is 0.416 e. The van der Waals surface area contributed by atoms with Gasteiger partial charge in [0, 0.05) is 24.0 Å². The highest BCUT2D eigenvalue weighted by Crippen LogP contribution is 2.29. The molecule has 1 aromatic carbocycles. The van der Waals surface area contributed by atoms with Gasteiger partial charge in [-0.2, -0.15) is 18.2 Å². The fourth-order valence-corrected chi connectivity index (χ4v) is 2.04. The highest BCUT2D eigenvalue weighted by molar-refractivity contribution is 5.98. The van der Waals surface area contributed by atoms with E-state index in [4.69, 9.17) is 5.73 Å². The number of hydrogen-bond acceptors (Lipinski definition) is 5. The first-order chi connectivity index (χ1) is 12.3. The van der Waals surface area contributed by atoms with E-state index in [9.17, 15) is 18.0 Å². The van der Waals surface area contributed by atoms with E-state index in [0.29, 0.717) is 24.6 Å². The van der Waals surface area contributed by atoms with Crippen LogP contribution in [0.1, 0.15) is 17.7 Å². The number of carbonyl (C=O) groups is 1. The zero-order valence-corrected chi connectivity index (χ0v) is 14.0. The minimum absolute atomic E-state index is 0.0738. The van der Waals surface area contributed by atoms with Crippen LogP contribution in [0.25, 0.3) is 0 Å². The van der Waals surface area contributed by atoms with Crippen molar-refractivity contribution in [1.29, 1.82) is 0 Å². The van der Waals surface area contributed by atoms with Gasteiger partial charge in [0.05, 0.1) is 5.56 Å². The Hall–Kier alpha value is -2.88. The van der Waals surface area contributed by atoms with Gasteiger partial charge in [-0.25, -0.2) is 9.78 Å². The van der Waals surface area contributed by atoms with Gasteiger partial charge in [0.2, 0.25) is 5.95 Å². The lowest BCUT2D eigenvalue weighted by molar-refractivity contribution is -0.137. The van der Waals surface area contributed by atoms with Crippen molar-refractivity contribution < 1.29 is 18.0 Å². The van der Waals surface area contributed by atoms with Gasteiger partial charge >= 0.3 is 12.2 Å². The average molecular weight is 368 g/mol. The fourth-order valence-electron chi connectivity index (χ4n) is 2.04. The van der Waals surface area contributed by atoms with Crippen molar-refractivity contribution in [2.45, 2.75) is 19.5 Å². The number of aromatic nitrogens is 2. The van der Waals surface area contributed by atoms with Crippen molar-refractivity contribution in [3.8, 4) is 0 Å². The van der Waals surface area contributed by atoms with Gasteiger partial charge in [-0.15, -0.1) is 0 Å². The van der Waals surface area contributed by atoms with Crippen LogP contribution in [0, 0.1) is 6.92 Å². The van der Waals surface area contributed by atoms with Crippen molar-refractivity contribution >= 4 is 23.5 Å². The summed E-state index contributed by atoms with van der Waals surface area (Å²) in [5.74, 6) is 0.612. The van der Waals surface area contributed by atoms with Crippen LogP contribution in [-0.4, -0.2) is 29.1 Å². The number of hydrogen-bond donors (Lipinski definition) is 4. The van der Waals surface area contributed by atoms with Crippen molar-refractivity contribution in [3.05, 3.63) is 41.6 Å². The molecule has 1 aromatic heterocycles. The first-order valence-corrected chi connectivity index (χ1v) is 7.83. The van der Waals surface area contributed by atoms with Crippen LogP contribution >= 0.6 is 0 Å². The molecule has 0 unspecified atom stereocenters. The molecule has 0 bridgehead atoms. The lowest BCUT2D eigenvalue weighted by atomic mass is 10.2. The first kappa shape index (κ1) is 19.4. The number of amides is 2. The third kappa shape index (κ3) is 5.88. The minimum Gasteiger partial charge on any atom is -0.370 e. The summed E-state index contributed by atoms with van der Waals surface area (Å²) in [5.41, 5.74) is 5.48. The molecule has 5 N–H and O–H groups in total. The van der Waals surface area contributed by atoms with Crippen molar-refractivity contribution in [2.24, 2.45) is 5.73 Å². The molecule has 7 nitrogen and oxygen atoms in total. The highest BCUT2D eigenvalue weighted by atomic mass is 19.4. The van der Waals surface area contributed by atoms with Crippen LogP contribution in [0.4, 0.5) is 35.4 Å². The summed E-state index contributed by atoms with van der Waals surface area (Å²) in [4.78, 5) is 20.2. The molecule has 140 valence electrons. The molecule has 26 heavy (non-hydrogen) atoms. The van der Waals surface area contributed by atoms with E-state index in [1.54, 1.807) is 13.0 Å². The summed E-state index contributed by atoms with van der Waals surface area (Å²) < 4.78 is 37.6. The normalized spacial score (nSPS) is 11.1. The number of aryl methyl sites for hydroxylation is 1. The summed E-state index contributed by atoms with van der Waals surface area (Å²) in [5, 5.41) is 7.93. The second kappa shape index (κ2) is 8.48. The summed E-state index contributed by atoms with van der Waals surface area (Å²) >= 11 is 0. The van der Waals surface area contributed by atoms with E-state index in [1.807, 2.05) is 0 Å². The number of nitrogens with zero attached hydrogens (tertiary/aromatic N) is 2. The molecule has 0 saturated carbocycles. The Morgan fingerprint density at radius 2 is 1.85 bits per heavy atom. The van der Waals surface area contributed by atoms with Gasteiger partial charge in [0.15, 0.2) is 0 Å². The van der Waals surface area contributed by atoms with E-state index < -0.39 is 17.8 Å². The standard InChI is InChI=1S/C16H19F3N6O/c1-10-9-13(21-8-2-7-20)24-14(22-10)25-15(26)23-12-5-3-11(4-6-12)16(17,18)19/h3-6,9H,2,7-8,20H2,1H3,(H3,21,22,23,24,25,26). The number of halogens is 3. The molecule has 0 aliphatic carbocycles. The van der Waals surface area contributed by atoms with E-state index in [2.05, 4.69) is 25.9 Å². The Morgan fingerprint density at radius 1 is 1.15 bits per heavy atom. The summed E-state index contributed by atoms with van der Waals surface area (Å²) in [6, 6.07) is 5.16. The Bertz CT molecular complexity index is 749. The van der Waals surface area contributed by atoms with Crippen molar-refractivity contribution in [3.63, 3.8) is 0 Å². The fraction of sp³-hybridized carbons (Fsp3) is 0.312. The number of carbonyl (C=O) groups excluding carboxylic acids is 1. The predicted molar refractivity (Wildman–Crippen MR) is 93.0 cm³/mol. The molecule has 0 spiro atoms. The van der Waals surface area contributed by atoms with E-state index >= 15 is 0 Å². The van der Waals surface area contributed by atoms with Gasteiger partial charge in [-0.1, -0.05) is 0 Å². The van der Waals surface area contributed by atoms with Crippen LogP contribution in [-0.2, 0) is 6.18 Å². The number of alkyl halides is 3.